The lowest BCUT2D eigenvalue weighted by Crippen LogP contribution is -2.39. The molecule has 2 heterocycles. The zero-order chi connectivity index (χ0) is 11.4. The van der Waals surface area contributed by atoms with Crippen LogP contribution in [0.15, 0.2) is 21.2 Å². The molecule has 3 N–H and O–H groups in total. The highest BCUT2D eigenvalue weighted by molar-refractivity contribution is 9.10. The summed E-state index contributed by atoms with van der Waals surface area (Å²) in [7, 11) is 0. The van der Waals surface area contributed by atoms with E-state index in [9.17, 15) is 4.79 Å². The van der Waals surface area contributed by atoms with E-state index in [2.05, 4.69) is 31.9 Å². The van der Waals surface area contributed by atoms with Gasteiger partial charge in [0.15, 0.2) is 4.67 Å². The van der Waals surface area contributed by atoms with Gasteiger partial charge in [-0.3, -0.25) is 5.32 Å². The molecule has 88 valence electrons. The molecule has 1 aromatic heterocycles. The molecular formula is C10H14BrN3O2. The van der Waals surface area contributed by atoms with Crippen molar-refractivity contribution in [3.63, 3.8) is 0 Å². The summed E-state index contributed by atoms with van der Waals surface area (Å²) in [4.78, 5) is 11.5. The van der Waals surface area contributed by atoms with E-state index >= 15 is 0 Å². The smallest absolute Gasteiger partial charge is 0.321 e. The van der Waals surface area contributed by atoms with Crippen LogP contribution >= 0.6 is 15.9 Å². The van der Waals surface area contributed by atoms with Crippen LogP contribution in [-0.2, 0) is 0 Å². The molecule has 5 nitrogen and oxygen atoms in total. The third kappa shape index (κ3) is 3.24. The molecule has 0 radical (unpaired) electrons. The number of furan rings is 1. The van der Waals surface area contributed by atoms with Gasteiger partial charge in [0.05, 0.1) is 0 Å². The third-order valence-corrected chi connectivity index (χ3v) is 2.91. The molecule has 1 aliphatic heterocycles. The number of rotatable bonds is 3. The molecule has 1 unspecified atom stereocenters. The van der Waals surface area contributed by atoms with Gasteiger partial charge in [-0.2, -0.15) is 0 Å². The summed E-state index contributed by atoms with van der Waals surface area (Å²) >= 11 is 3.17. The van der Waals surface area contributed by atoms with Gasteiger partial charge in [-0.25, -0.2) is 4.79 Å². The first kappa shape index (κ1) is 11.5. The van der Waals surface area contributed by atoms with Crippen LogP contribution in [0.1, 0.15) is 12.8 Å². The van der Waals surface area contributed by atoms with E-state index in [1.165, 1.54) is 6.42 Å². The molecule has 1 aromatic rings. The molecule has 0 spiro atoms. The maximum atomic E-state index is 11.5. The van der Waals surface area contributed by atoms with Crippen LogP contribution < -0.4 is 16.0 Å². The Morgan fingerprint density at radius 1 is 1.62 bits per heavy atom. The summed E-state index contributed by atoms with van der Waals surface area (Å²) in [5.41, 5.74) is 0. The van der Waals surface area contributed by atoms with Crippen molar-refractivity contribution in [1.82, 2.24) is 10.6 Å². The molecular weight excluding hydrogens is 274 g/mol. The molecule has 1 saturated heterocycles. The van der Waals surface area contributed by atoms with E-state index in [0.29, 0.717) is 23.1 Å². The number of carbonyl (C=O) groups is 1. The monoisotopic (exact) mass is 287 g/mol. The van der Waals surface area contributed by atoms with E-state index in [4.69, 9.17) is 4.42 Å². The lowest BCUT2D eigenvalue weighted by molar-refractivity contribution is 0.250. The summed E-state index contributed by atoms with van der Waals surface area (Å²) < 4.78 is 5.75. The van der Waals surface area contributed by atoms with Crippen molar-refractivity contribution in [3.8, 4) is 0 Å². The summed E-state index contributed by atoms with van der Waals surface area (Å²) in [5, 5.41) is 8.71. The Bertz CT molecular complexity index is 361. The molecule has 2 rings (SSSR count). The molecule has 0 bridgehead atoms. The zero-order valence-corrected chi connectivity index (χ0v) is 10.3. The minimum absolute atomic E-state index is 0.240. The first-order chi connectivity index (χ1) is 7.74. The second-order valence-electron chi connectivity index (χ2n) is 3.73. The molecule has 6 heteroatoms. The highest BCUT2D eigenvalue weighted by Gasteiger charge is 2.14. The van der Waals surface area contributed by atoms with Crippen molar-refractivity contribution < 1.29 is 9.21 Å². The van der Waals surface area contributed by atoms with Crippen LogP contribution in [0.3, 0.4) is 0 Å². The van der Waals surface area contributed by atoms with Crippen LogP contribution in [0.25, 0.3) is 0 Å². The predicted molar refractivity (Wildman–Crippen MR) is 64.5 cm³/mol. The maximum absolute atomic E-state index is 11.5. The quantitative estimate of drug-likeness (QED) is 0.796. The van der Waals surface area contributed by atoms with Crippen LogP contribution in [0, 0.1) is 0 Å². The van der Waals surface area contributed by atoms with Crippen molar-refractivity contribution in [3.05, 3.63) is 16.8 Å². The normalized spacial score (nSPS) is 19.7. The maximum Gasteiger partial charge on any atom is 0.321 e. The largest absolute Gasteiger partial charge is 0.434 e. The van der Waals surface area contributed by atoms with Crippen LogP contribution in [0.2, 0.25) is 0 Å². The van der Waals surface area contributed by atoms with Crippen LogP contribution in [0.4, 0.5) is 10.7 Å². The van der Waals surface area contributed by atoms with Crippen molar-refractivity contribution in [2.45, 2.75) is 18.9 Å². The number of hydrogen-bond acceptors (Lipinski definition) is 3. The lowest BCUT2D eigenvalue weighted by Gasteiger charge is -2.11. The molecule has 2 amide bonds. The minimum Gasteiger partial charge on any atom is -0.434 e. The first-order valence-electron chi connectivity index (χ1n) is 5.27. The number of anilines is 1. The SMILES string of the molecule is O=C(NCC1CCCN1)Nc1ccc(Br)o1. The highest BCUT2D eigenvalue weighted by atomic mass is 79.9. The van der Waals surface area contributed by atoms with Crippen LogP contribution in [-0.4, -0.2) is 25.2 Å². The highest BCUT2D eigenvalue weighted by Crippen LogP contribution is 2.17. The topological polar surface area (TPSA) is 66.3 Å². The fraction of sp³-hybridized carbons (Fsp3) is 0.500. The van der Waals surface area contributed by atoms with Gasteiger partial charge in [0, 0.05) is 18.7 Å². The lowest BCUT2D eigenvalue weighted by atomic mass is 10.2. The number of nitrogens with one attached hydrogen (secondary N) is 3. The molecule has 0 saturated carbocycles. The minimum atomic E-state index is -0.240. The molecule has 16 heavy (non-hydrogen) atoms. The number of urea groups is 1. The van der Waals surface area contributed by atoms with E-state index < -0.39 is 0 Å². The van der Waals surface area contributed by atoms with Crippen LogP contribution in [0.5, 0.6) is 0 Å². The number of halogens is 1. The molecule has 1 fully saturated rings. The molecule has 0 aromatic carbocycles. The van der Waals surface area contributed by atoms with Gasteiger partial charge in [-0.15, -0.1) is 0 Å². The Morgan fingerprint density at radius 3 is 3.12 bits per heavy atom. The molecule has 1 atom stereocenters. The van der Waals surface area contributed by atoms with E-state index in [1.54, 1.807) is 12.1 Å². The van der Waals surface area contributed by atoms with E-state index in [-0.39, 0.29) is 6.03 Å². The Hall–Kier alpha value is -1.01. The van der Waals surface area contributed by atoms with Gasteiger partial charge in [-0.05, 0) is 41.4 Å². The second kappa shape index (κ2) is 5.36. The van der Waals surface area contributed by atoms with E-state index in [0.717, 1.165) is 13.0 Å². The Kier molecular flexibility index (Phi) is 3.84. The third-order valence-electron chi connectivity index (χ3n) is 2.48. The Labute approximate surface area is 102 Å². The van der Waals surface area contributed by atoms with Gasteiger partial charge in [0.25, 0.3) is 0 Å². The summed E-state index contributed by atoms with van der Waals surface area (Å²) in [6.07, 6.45) is 2.30. The Balaban J connectivity index is 1.71. The van der Waals surface area contributed by atoms with E-state index in [1.807, 2.05) is 0 Å². The summed E-state index contributed by atoms with van der Waals surface area (Å²) in [6.45, 7) is 1.69. The Morgan fingerprint density at radius 2 is 2.50 bits per heavy atom. The van der Waals surface area contributed by atoms with Gasteiger partial charge in [-0.1, -0.05) is 0 Å². The summed E-state index contributed by atoms with van der Waals surface area (Å²) in [5.74, 6) is 0.434. The predicted octanol–water partition coefficient (Wildman–Crippen LogP) is 1.92. The average molecular weight is 288 g/mol. The summed E-state index contributed by atoms with van der Waals surface area (Å²) in [6, 6.07) is 3.58. The fourth-order valence-corrected chi connectivity index (χ4v) is 1.99. The van der Waals surface area contributed by atoms with Gasteiger partial charge in [0.1, 0.15) is 0 Å². The number of hydrogen-bond donors (Lipinski definition) is 3. The first-order valence-corrected chi connectivity index (χ1v) is 6.07. The van der Waals surface area contributed by atoms with Crippen molar-refractivity contribution >= 4 is 27.8 Å². The fourth-order valence-electron chi connectivity index (χ4n) is 1.68. The van der Waals surface area contributed by atoms with Gasteiger partial charge >= 0.3 is 6.03 Å². The zero-order valence-electron chi connectivity index (χ0n) is 8.75. The van der Waals surface area contributed by atoms with Gasteiger partial charge < -0.3 is 15.1 Å². The number of amides is 2. The number of carbonyl (C=O) groups excluding carboxylic acids is 1. The van der Waals surface area contributed by atoms with Crippen molar-refractivity contribution in [2.75, 3.05) is 18.4 Å². The second-order valence-corrected chi connectivity index (χ2v) is 4.51. The average Bonchev–Trinajstić information content (AvgIpc) is 2.87. The molecule has 1 aliphatic rings. The molecule has 0 aliphatic carbocycles. The van der Waals surface area contributed by atoms with Crippen molar-refractivity contribution in [1.29, 1.82) is 0 Å². The van der Waals surface area contributed by atoms with Crippen molar-refractivity contribution in [2.24, 2.45) is 0 Å². The van der Waals surface area contributed by atoms with Gasteiger partial charge in [0.2, 0.25) is 5.88 Å². The standard InChI is InChI=1S/C10H14BrN3O2/c11-8-3-4-9(16-8)14-10(15)13-6-7-2-1-5-12-7/h3-4,7,12H,1-2,5-6H2,(H2,13,14,15).